The zero-order valence-electron chi connectivity index (χ0n) is 14.2. The lowest BCUT2D eigenvalue weighted by atomic mass is 10.1. The molecular formula is C18H26N4O2. The Balaban J connectivity index is 1.58. The fraction of sp³-hybridized carbons (Fsp3) is 0.500. The molecule has 1 aliphatic heterocycles. The Bertz CT molecular complexity index is 611. The van der Waals surface area contributed by atoms with Crippen LogP contribution in [0.1, 0.15) is 5.56 Å². The van der Waals surface area contributed by atoms with Crippen LogP contribution in [-0.2, 0) is 17.8 Å². The standard InChI is InChI=1S/C18H26N4O2/c1-20(14-17(23)15-22-8-4-7-19-22)13-16-5-2-3-6-18(16)21-9-11-24-12-10-21/h2-8,17,23H,9-15H2,1H3/t17-/m0/s1. The monoisotopic (exact) mass is 330 g/mol. The molecule has 1 saturated heterocycles. The van der Waals surface area contributed by atoms with Gasteiger partial charge in [0.25, 0.3) is 0 Å². The van der Waals surface area contributed by atoms with Gasteiger partial charge in [0.1, 0.15) is 0 Å². The van der Waals surface area contributed by atoms with Crippen molar-refractivity contribution in [2.24, 2.45) is 0 Å². The second-order valence-electron chi connectivity index (χ2n) is 6.31. The molecule has 0 unspecified atom stereocenters. The molecule has 0 amide bonds. The fourth-order valence-electron chi connectivity index (χ4n) is 3.15. The fourth-order valence-corrected chi connectivity index (χ4v) is 3.15. The first-order chi connectivity index (χ1) is 11.7. The third-order valence-electron chi connectivity index (χ3n) is 4.26. The average molecular weight is 330 g/mol. The minimum Gasteiger partial charge on any atom is -0.390 e. The van der Waals surface area contributed by atoms with E-state index in [0.717, 1.165) is 32.8 Å². The van der Waals surface area contributed by atoms with Crippen molar-refractivity contribution in [1.82, 2.24) is 14.7 Å². The van der Waals surface area contributed by atoms with Crippen LogP contribution in [0.2, 0.25) is 0 Å². The summed E-state index contributed by atoms with van der Waals surface area (Å²) in [7, 11) is 2.04. The van der Waals surface area contributed by atoms with E-state index in [4.69, 9.17) is 4.74 Å². The zero-order chi connectivity index (χ0) is 16.8. The van der Waals surface area contributed by atoms with Crippen LogP contribution >= 0.6 is 0 Å². The van der Waals surface area contributed by atoms with E-state index in [9.17, 15) is 5.11 Å². The van der Waals surface area contributed by atoms with Crippen LogP contribution in [0, 0.1) is 0 Å². The number of hydrogen-bond acceptors (Lipinski definition) is 5. The number of morpholine rings is 1. The number of aliphatic hydroxyl groups is 1. The molecule has 0 aliphatic carbocycles. The van der Waals surface area contributed by atoms with Gasteiger partial charge in [-0.05, 0) is 24.7 Å². The van der Waals surface area contributed by atoms with E-state index < -0.39 is 6.10 Å². The largest absolute Gasteiger partial charge is 0.390 e. The van der Waals surface area contributed by atoms with Gasteiger partial charge in [0, 0.05) is 44.3 Å². The van der Waals surface area contributed by atoms with Gasteiger partial charge in [-0.3, -0.25) is 9.58 Å². The Kier molecular flexibility index (Phi) is 5.85. The van der Waals surface area contributed by atoms with Gasteiger partial charge in [0.2, 0.25) is 0 Å². The highest BCUT2D eigenvalue weighted by molar-refractivity contribution is 5.53. The number of hydrogen-bond donors (Lipinski definition) is 1. The first-order valence-electron chi connectivity index (χ1n) is 8.47. The molecular weight excluding hydrogens is 304 g/mol. The minimum atomic E-state index is -0.439. The van der Waals surface area contributed by atoms with Crippen LogP contribution < -0.4 is 4.90 Å². The molecule has 1 aliphatic rings. The number of anilines is 1. The van der Waals surface area contributed by atoms with Gasteiger partial charge in [0.05, 0.1) is 25.9 Å². The predicted octanol–water partition coefficient (Wildman–Crippen LogP) is 1.21. The van der Waals surface area contributed by atoms with Gasteiger partial charge in [-0.1, -0.05) is 18.2 Å². The topological polar surface area (TPSA) is 53.8 Å². The van der Waals surface area contributed by atoms with E-state index in [1.807, 2.05) is 19.3 Å². The van der Waals surface area contributed by atoms with Crippen molar-refractivity contribution in [3.05, 3.63) is 48.3 Å². The molecule has 0 radical (unpaired) electrons. The Morgan fingerprint density at radius 1 is 1.25 bits per heavy atom. The maximum atomic E-state index is 10.3. The van der Waals surface area contributed by atoms with E-state index in [-0.39, 0.29) is 0 Å². The van der Waals surface area contributed by atoms with Crippen molar-refractivity contribution in [1.29, 1.82) is 0 Å². The van der Waals surface area contributed by atoms with Gasteiger partial charge in [0.15, 0.2) is 0 Å². The molecule has 0 saturated carbocycles. The summed E-state index contributed by atoms with van der Waals surface area (Å²) in [6.45, 7) is 5.37. The van der Waals surface area contributed by atoms with Crippen molar-refractivity contribution in [2.45, 2.75) is 19.2 Å². The van der Waals surface area contributed by atoms with Crippen LogP contribution in [0.25, 0.3) is 0 Å². The van der Waals surface area contributed by atoms with Gasteiger partial charge in [-0.15, -0.1) is 0 Å². The Morgan fingerprint density at radius 2 is 2.04 bits per heavy atom. The molecule has 1 N–H and O–H groups in total. The highest BCUT2D eigenvalue weighted by atomic mass is 16.5. The van der Waals surface area contributed by atoms with E-state index >= 15 is 0 Å². The minimum absolute atomic E-state index is 0.439. The third kappa shape index (κ3) is 4.56. The van der Waals surface area contributed by atoms with E-state index in [0.29, 0.717) is 13.1 Å². The molecule has 1 fully saturated rings. The maximum absolute atomic E-state index is 10.3. The lowest BCUT2D eigenvalue weighted by Gasteiger charge is -2.31. The summed E-state index contributed by atoms with van der Waals surface area (Å²) in [5.74, 6) is 0. The van der Waals surface area contributed by atoms with E-state index in [1.54, 1.807) is 10.9 Å². The second-order valence-corrected chi connectivity index (χ2v) is 6.31. The molecule has 1 aromatic carbocycles. The Labute approximate surface area is 143 Å². The van der Waals surface area contributed by atoms with Crippen LogP contribution in [0.15, 0.2) is 42.7 Å². The lowest BCUT2D eigenvalue weighted by molar-refractivity contribution is 0.103. The summed E-state index contributed by atoms with van der Waals surface area (Å²) in [5.41, 5.74) is 2.56. The molecule has 0 spiro atoms. The van der Waals surface area contributed by atoms with Crippen molar-refractivity contribution < 1.29 is 9.84 Å². The third-order valence-corrected chi connectivity index (χ3v) is 4.26. The number of ether oxygens (including phenoxy) is 1. The molecule has 24 heavy (non-hydrogen) atoms. The molecule has 0 bridgehead atoms. The predicted molar refractivity (Wildman–Crippen MR) is 94.0 cm³/mol. The summed E-state index contributed by atoms with van der Waals surface area (Å²) < 4.78 is 7.22. The molecule has 2 heterocycles. The molecule has 6 heteroatoms. The second kappa shape index (κ2) is 8.28. The van der Waals surface area contributed by atoms with E-state index in [2.05, 4.69) is 39.2 Å². The lowest BCUT2D eigenvalue weighted by Crippen LogP contribution is -2.37. The van der Waals surface area contributed by atoms with Crippen LogP contribution in [0.3, 0.4) is 0 Å². The molecule has 3 rings (SSSR count). The normalized spacial score (nSPS) is 16.5. The van der Waals surface area contributed by atoms with Crippen LogP contribution in [0.4, 0.5) is 5.69 Å². The van der Waals surface area contributed by atoms with Crippen molar-refractivity contribution in [3.63, 3.8) is 0 Å². The number of aromatic nitrogens is 2. The molecule has 130 valence electrons. The number of nitrogens with zero attached hydrogens (tertiary/aromatic N) is 4. The number of aliphatic hydroxyl groups excluding tert-OH is 1. The SMILES string of the molecule is CN(Cc1ccccc1N1CCOCC1)C[C@H](O)Cn1cccn1. The first kappa shape index (κ1) is 17.0. The summed E-state index contributed by atoms with van der Waals surface area (Å²) in [6, 6.07) is 10.4. The van der Waals surface area contributed by atoms with Crippen molar-refractivity contribution >= 4 is 5.69 Å². The number of likely N-dealkylation sites (N-methyl/N-ethyl adjacent to an activating group) is 1. The van der Waals surface area contributed by atoms with Crippen molar-refractivity contribution in [3.8, 4) is 0 Å². The summed E-state index contributed by atoms with van der Waals surface area (Å²) in [4.78, 5) is 4.54. The van der Waals surface area contributed by atoms with Gasteiger partial charge in [-0.25, -0.2) is 0 Å². The number of para-hydroxylation sites is 1. The highest BCUT2D eigenvalue weighted by Crippen LogP contribution is 2.22. The number of rotatable bonds is 7. The Hall–Kier alpha value is -1.89. The van der Waals surface area contributed by atoms with E-state index in [1.165, 1.54) is 11.3 Å². The van der Waals surface area contributed by atoms with Gasteiger partial charge < -0.3 is 14.7 Å². The molecule has 6 nitrogen and oxygen atoms in total. The average Bonchev–Trinajstić information content (AvgIpc) is 3.09. The zero-order valence-corrected chi connectivity index (χ0v) is 14.2. The summed E-state index contributed by atoms with van der Waals surface area (Å²) >= 11 is 0. The molecule has 2 aromatic rings. The first-order valence-corrected chi connectivity index (χ1v) is 8.47. The molecule has 1 atom stereocenters. The summed E-state index contributed by atoms with van der Waals surface area (Å²) in [5, 5.41) is 14.4. The maximum Gasteiger partial charge on any atom is 0.0862 e. The smallest absolute Gasteiger partial charge is 0.0862 e. The number of benzene rings is 1. The molecule has 1 aromatic heterocycles. The van der Waals surface area contributed by atoms with Gasteiger partial charge >= 0.3 is 0 Å². The Morgan fingerprint density at radius 3 is 2.79 bits per heavy atom. The van der Waals surface area contributed by atoms with Crippen molar-refractivity contribution in [2.75, 3.05) is 44.8 Å². The van der Waals surface area contributed by atoms with Gasteiger partial charge in [-0.2, -0.15) is 5.10 Å². The van der Waals surface area contributed by atoms with Crippen LogP contribution in [-0.4, -0.2) is 65.8 Å². The quantitative estimate of drug-likeness (QED) is 0.827. The highest BCUT2D eigenvalue weighted by Gasteiger charge is 2.16. The summed E-state index contributed by atoms with van der Waals surface area (Å²) in [6.07, 6.45) is 3.16. The van der Waals surface area contributed by atoms with Crippen LogP contribution in [0.5, 0.6) is 0 Å².